The summed E-state index contributed by atoms with van der Waals surface area (Å²) in [4.78, 5) is 0. The fourth-order valence-corrected chi connectivity index (χ4v) is 0. The van der Waals surface area contributed by atoms with Crippen LogP contribution in [0.4, 0.5) is 0 Å². The van der Waals surface area contributed by atoms with Crippen LogP contribution in [0.15, 0.2) is 0 Å². The van der Waals surface area contributed by atoms with Crippen LogP contribution < -0.4 is 0 Å². The van der Waals surface area contributed by atoms with Crippen LogP contribution in [-0.2, 0) is 39.4 Å². The first-order valence-corrected chi connectivity index (χ1v) is 5.68. The van der Waals surface area contributed by atoms with Gasteiger partial charge in [0, 0.05) is 0 Å². The van der Waals surface area contributed by atoms with Gasteiger partial charge < -0.3 is 0 Å². The second-order valence-corrected chi connectivity index (χ2v) is 3.97. The summed E-state index contributed by atoms with van der Waals surface area (Å²) in [6.45, 7) is 0. The Morgan fingerprint density at radius 1 is 1.50 bits per heavy atom. The van der Waals surface area contributed by atoms with Gasteiger partial charge in [-0.15, -0.1) is 0 Å². The Morgan fingerprint density at radius 3 is 1.50 bits per heavy atom. The quantitative estimate of drug-likeness (QED) is 0.476. The van der Waals surface area contributed by atoms with Gasteiger partial charge in [0.15, 0.2) is 0 Å². The average Bonchev–Trinajstić information content (AvgIpc) is 0.811. The molecule has 0 bridgehead atoms. The van der Waals surface area contributed by atoms with E-state index in [9.17, 15) is 0 Å². The van der Waals surface area contributed by atoms with E-state index >= 15 is 0 Å². The molecule has 0 aromatic rings. The van der Waals surface area contributed by atoms with Crippen molar-refractivity contribution in [1.82, 2.24) is 0 Å². The van der Waals surface area contributed by atoms with Crippen LogP contribution in [0, 0.1) is 0 Å². The van der Waals surface area contributed by atoms with Crippen LogP contribution in [0.2, 0.25) is 0 Å². The first-order chi connectivity index (χ1) is 1.73. The summed E-state index contributed by atoms with van der Waals surface area (Å²) in [6, 6.07) is 0. The van der Waals surface area contributed by atoms with Gasteiger partial charge in [0.1, 0.15) is 0 Å². The first kappa shape index (κ1) is 5.00. The van der Waals surface area contributed by atoms with Crippen LogP contribution in [0.1, 0.15) is 0 Å². The molecule has 0 saturated heterocycles. The summed E-state index contributed by atoms with van der Waals surface area (Å²) in [6.07, 6.45) is 0. The van der Waals surface area contributed by atoms with E-state index in [1.807, 2.05) is 0 Å². The molecule has 0 N–H and O–H groups in total. The molecule has 0 aliphatic carbocycles. The van der Waals surface area contributed by atoms with Crippen molar-refractivity contribution in [2.24, 2.45) is 0 Å². The molecule has 4 heavy (non-hydrogen) atoms. The van der Waals surface area contributed by atoms with Crippen molar-refractivity contribution >= 4 is 3.93 Å². The second-order valence-electron chi connectivity index (χ2n) is 0.285. The number of rotatable bonds is 0. The molecule has 0 atom stereocenters. The summed E-state index contributed by atoms with van der Waals surface area (Å²) in [5.41, 5.74) is 0. The van der Waals surface area contributed by atoms with Gasteiger partial charge in [-0.1, -0.05) is 0 Å². The van der Waals surface area contributed by atoms with Crippen LogP contribution in [0.25, 0.3) is 0 Å². The van der Waals surface area contributed by atoms with Crippen molar-refractivity contribution in [2.45, 2.75) is 0 Å². The van der Waals surface area contributed by atoms with Gasteiger partial charge in [-0.05, 0) is 0 Å². The van der Waals surface area contributed by atoms with Crippen LogP contribution >= 0.6 is 3.93 Å². The van der Waals surface area contributed by atoms with Gasteiger partial charge in [-0.3, -0.25) is 0 Å². The molecule has 0 fully saturated rings. The van der Waals surface area contributed by atoms with Crippen molar-refractivity contribution in [3.63, 3.8) is 0 Å². The molecule has 0 heterocycles. The summed E-state index contributed by atoms with van der Waals surface area (Å²) >= 11 is 0.355. The van der Waals surface area contributed by atoms with Gasteiger partial charge >= 0.3 is 43.3 Å². The zero-order valence-electron chi connectivity index (χ0n) is 1.84. The molecule has 0 amide bonds. The molecule has 0 radical (unpaired) electrons. The molecule has 0 unspecified atom stereocenters. The van der Waals surface area contributed by atoms with Gasteiger partial charge in [0.25, 0.3) is 0 Å². The van der Waals surface area contributed by atoms with Gasteiger partial charge in [0.05, 0.1) is 0 Å². The Balaban J connectivity index is 3.51. The van der Waals surface area contributed by atoms with Crippen LogP contribution in [0.5, 0.6) is 0 Å². The monoisotopic (exact) mass is 152 g/mol. The van der Waals surface area contributed by atoms with Crippen molar-refractivity contribution in [2.75, 3.05) is 0 Å². The molecule has 0 aliphatic heterocycles. The van der Waals surface area contributed by atoms with Crippen LogP contribution in [-0.4, -0.2) is 0 Å². The zero-order valence-corrected chi connectivity index (χ0v) is 5.57. The van der Waals surface area contributed by atoms with E-state index in [1.165, 1.54) is 0 Å². The van der Waals surface area contributed by atoms with E-state index in [-0.39, 0.29) is 0 Å². The molecule has 0 aliphatic rings. The van der Waals surface area contributed by atoms with E-state index in [1.54, 1.807) is 0 Å². The minimum absolute atomic E-state index is 0.355. The molecular formula is O2PY. The SMILES string of the molecule is O=[P](=O)[Y]. The summed E-state index contributed by atoms with van der Waals surface area (Å²) in [5, 5.41) is 0. The maximum absolute atomic E-state index is 9.09. The predicted octanol–water partition coefficient (Wildman–Crippen LogP) is 0.621. The molecule has 0 spiro atoms. The van der Waals surface area contributed by atoms with Gasteiger partial charge in [0.2, 0.25) is 0 Å². The maximum atomic E-state index is 9.09. The topological polar surface area (TPSA) is 34.1 Å². The second kappa shape index (κ2) is 2.25. The Kier molecular flexibility index (Phi) is 2.82. The Hall–Kier alpha value is 1.00. The fraction of sp³-hybridized carbons (Fsp3) is 0. The standard InChI is InChI=1S/O2P.Y/c1-3-2;. The van der Waals surface area contributed by atoms with Crippen molar-refractivity contribution in [3.8, 4) is 0 Å². The van der Waals surface area contributed by atoms with E-state index in [2.05, 4.69) is 0 Å². The first-order valence-electron chi connectivity index (χ1n) is 0.623. The number of hydrogen-bond acceptors (Lipinski definition) is 2. The van der Waals surface area contributed by atoms with Crippen molar-refractivity contribution in [1.29, 1.82) is 0 Å². The van der Waals surface area contributed by atoms with Gasteiger partial charge in [-0.2, -0.15) is 0 Å². The van der Waals surface area contributed by atoms with Gasteiger partial charge in [-0.25, -0.2) is 0 Å². The third kappa shape index (κ3) is 12.0. The minimum atomic E-state index is -1.99. The zero-order chi connectivity index (χ0) is 3.58. The van der Waals surface area contributed by atoms with E-state index in [0.29, 0.717) is 30.3 Å². The molecule has 0 saturated carbocycles. The van der Waals surface area contributed by atoms with E-state index < -0.39 is 3.93 Å². The summed E-state index contributed by atoms with van der Waals surface area (Å²) in [5.74, 6) is 0. The Labute approximate surface area is 43.2 Å². The molecule has 0 aromatic carbocycles. The Bertz CT molecular complexity index is 54.4. The third-order valence-corrected chi connectivity index (χ3v) is 0. The van der Waals surface area contributed by atoms with Crippen LogP contribution in [0.3, 0.4) is 0 Å². The van der Waals surface area contributed by atoms with E-state index in [4.69, 9.17) is 9.13 Å². The summed E-state index contributed by atoms with van der Waals surface area (Å²) < 4.78 is 16.2. The normalized spacial score (nSPS) is 5.75. The molecule has 2 nitrogen and oxygen atoms in total. The third-order valence-electron chi connectivity index (χ3n) is 0. The predicted molar refractivity (Wildman–Crippen MR) is 8.29 cm³/mol. The van der Waals surface area contributed by atoms with Crippen molar-refractivity contribution < 1.29 is 39.4 Å². The molecule has 0 aromatic heterocycles. The fourth-order valence-electron chi connectivity index (χ4n) is 0. The number of hydrogen-bond donors (Lipinski definition) is 0. The molecular weight excluding hydrogens is 152 g/mol. The molecule has 0 rings (SSSR count). The van der Waals surface area contributed by atoms with Crippen molar-refractivity contribution in [3.05, 3.63) is 0 Å². The Morgan fingerprint density at radius 2 is 1.50 bits per heavy atom. The molecule has 4 heteroatoms. The average molecular weight is 152 g/mol. The molecule has 20 valence electrons. The van der Waals surface area contributed by atoms with E-state index in [0.717, 1.165) is 0 Å². The summed E-state index contributed by atoms with van der Waals surface area (Å²) in [7, 11) is 0.